The van der Waals surface area contributed by atoms with Gasteiger partial charge < -0.3 is 4.74 Å². The molecular formula is C9H8O. The molecule has 0 spiro atoms. The largest absolute Gasteiger partial charge is 0.363 e. The molecule has 2 rings (SSSR count). The molecule has 1 heteroatoms. The van der Waals surface area contributed by atoms with Crippen molar-refractivity contribution in [3.63, 3.8) is 0 Å². The van der Waals surface area contributed by atoms with E-state index in [9.17, 15) is 0 Å². The minimum Gasteiger partial charge on any atom is -0.363 e. The summed E-state index contributed by atoms with van der Waals surface area (Å²) < 4.78 is 5.05. The smallest absolute Gasteiger partial charge is 0.166 e. The van der Waals surface area contributed by atoms with Crippen molar-refractivity contribution in [3.8, 4) is 0 Å². The fraction of sp³-hybridized carbons (Fsp3) is 0.222. The van der Waals surface area contributed by atoms with Gasteiger partial charge in [-0.3, -0.25) is 0 Å². The Kier molecular flexibility index (Phi) is 1.44. The number of ether oxygens (including phenoxy) is 1. The van der Waals surface area contributed by atoms with Crippen molar-refractivity contribution in [1.29, 1.82) is 0 Å². The molecule has 50 valence electrons. The lowest BCUT2D eigenvalue weighted by molar-refractivity contribution is 0.203. The van der Waals surface area contributed by atoms with E-state index in [-0.39, 0.29) is 0 Å². The average Bonchev–Trinajstić information content (AvgIpc) is 2.05. The van der Waals surface area contributed by atoms with Gasteiger partial charge in [0.15, 0.2) is 6.61 Å². The summed E-state index contributed by atoms with van der Waals surface area (Å²) in [6.45, 7) is 3.64. The van der Waals surface area contributed by atoms with Crippen molar-refractivity contribution in [3.05, 3.63) is 42.0 Å². The molecule has 0 fully saturated rings. The Morgan fingerprint density at radius 3 is 3.10 bits per heavy atom. The van der Waals surface area contributed by atoms with Crippen molar-refractivity contribution in [1.82, 2.24) is 0 Å². The van der Waals surface area contributed by atoms with Gasteiger partial charge in [0.05, 0.1) is 6.61 Å². The zero-order valence-electron chi connectivity index (χ0n) is 5.63. The Bertz CT molecular complexity index is 205. The normalized spacial score (nSPS) is 16.4. The van der Waals surface area contributed by atoms with Gasteiger partial charge in [-0.1, -0.05) is 24.3 Å². The fourth-order valence-electron chi connectivity index (χ4n) is 1.13. The van der Waals surface area contributed by atoms with Crippen LogP contribution in [0.1, 0.15) is 11.1 Å². The van der Waals surface area contributed by atoms with Gasteiger partial charge in [-0.25, -0.2) is 0 Å². The van der Waals surface area contributed by atoms with Crippen LogP contribution >= 0.6 is 0 Å². The summed E-state index contributed by atoms with van der Waals surface area (Å²) in [6, 6.07) is 8.19. The van der Waals surface area contributed by atoms with Crippen LogP contribution in [0.3, 0.4) is 0 Å². The molecule has 0 unspecified atom stereocenters. The lowest BCUT2D eigenvalue weighted by Gasteiger charge is -2.13. The first-order chi connectivity index (χ1) is 4.97. The highest BCUT2D eigenvalue weighted by molar-refractivity contribution is 5.32. The first kappa shape index (κ1) is 5.93. The number of hydrogen-bond acceptors (Lipinski definition) is 1. The third kappa shape index (κ3) is 0.929. The van der Waals surface area contributed by atoms with Crippen LogP contribution in [-0.2, 0) is 11.2 Å². The second kappa shape index (κ2) is 2.43. The molecule has 1 heterocycles. The van der Waals surface area contributed by atoms with Crippen molar-refractivity contribution in [2.75, 3.05) is 6.61 Å². The molecule has 0 amide bonds. The monoisotopic (exact) mass is 132 g/mol. The topological polar surface area (TPSA) is 9.23 Å². The van der Waals surface area contributed by atoms with Gasteiger partial charge >= 0.3 is 0 Å². The molecule has 0 aliphatic carbocycles. The summed E-state index contributed by atoms with van der Waals surface area (Å²) in [6.07, 6.45) is 1.02. The predicted molar refractivity (Wildman–Crippen MR) is 38.4 cm³/mol. The van der Waals surface area contributed by atoms with Crippen LogP contribution in [0.2, 0.25) is 0 Å². The molecule has 0 atom stereocenters. The van der Waals surface area contributed by atoms with Gasteiger partial charge in [-0.15, -0.1) is 0 Å². The van der Waals surface area contributed by atoms with E-state index in [2.05, 4.69) is 12.7 Å². The Labute approximate surface area is 60.6 Å². The number of hydrogen-bond donors (Lipinski definition) is 0. The summed E-state index contributed by atoms with van der Waals surface area (Å²) in [7, 11) is 0. The molecule has 0 bridgehead atoms. The van der Waals surface area contributed by atoms with Crippen LogP contribution < -0.4 is 0 Å². The van der Waals surface area contributed by atoms with Crippen LogP contribution in [0.25, 0.3) is 0 Å². The van der Waals surface area contributed by atoms with E-state index in [4.69, 9.17) is 4.74 Å². The SMILES string of the molecule is [C]1OCCc2ccccc21. The highest BCUT2D eigenvalue weighted by atomic mass is 16.5. The van der Waals surface area contributed by atoms with E-state index in [0.29, 0.717) is 0 Å². The Morgan fingerprint density at radius 2 is 2.20 bits per heavy atom. The summed E-state index contributed by atoms with van der Waals surface area (Å²) in [5.41, 5.74) is 2.45. The molecule has 2 radical (unpaired) electrons. The zero-order valence-corrected chi connectivity index (χ0v) is 5.63. The Balaban J connectivity index is 2.41. The van der Waals surface area contributed by atoms with Crippen LogP contribution in [0.4, 0.5) is 0 Å². The fourth-order valence-corrected chi connectivity index (χ4v) is 1.13. The molecule has 0 aromatic heterocycles. The highest BCUT2D eigenvalue weighted by Crippen LogP contribution is 2.16. The number of fused-ring (bicyclic) bond motifs is 1. The standard InChI is InChI=1S/C9H8O/c1-2-4-9-7-10-6-5-8(9)3-1/h1-4H,5-6H2. The quantitative estimate of drug-likeness (QED) is 0.521. The van der Waals surface area contributed by atoms with Crippen molar-refractivity contribution in [2.45, 2.75) is 6.42 Å². The summed E-state index contributed by atoms with van der Waals surface area (Å²) in [5.74, 6) is 0. The molecule has 1 aromatic carbocycles. The molecule has 0 N–H and O–H groups in total. The van der Waals surface area contributed by atoms with Crippen molar-refractivity contribution >= 4 is 0 Å². The number of rotatable bonds is 0. The van der Waals surface area contributed by atoms with Crippen molar-refractivity contribution < 1.29 is 4.74 Å². The first-order valence-electron chi connectivity index (χ1n) is 3.42. The van der Waals surface area contributed by atoms with Gasteiger partial charge in [0.1, 0.15) is 0 Å². The van der Waals surface area contributed by atoms with Crippen LogP contribution in [-0.4, -0.2) is 6.61 Å². The van der Waals surface area contributed by atoms with Crippen LogP contribution in [0.15, 0.2) is 24.3 Å². The highest BCUT2D eigenvalue weighted by Gasteiger charge is 2.07. The maximum atomic E-state index is 5.05. The Hall–Kier alpha value is -0.820. The second-order valence-electron chi connectivity index (χ2n) is 2.36. The van der Waals surface area contributed by atoms with E-state index in [0.717, 1.165) is 18.6 Å². The lowest BCUT2D eigenvalue weighted by Crippen LogP contribution is -2.06. The molecule has 1 aromatic rings. The van der Waals surface area contributed by atoms with Crippen LogP contribution in [0, 0.1) is 6.61 Å². The molecule has 1 aliphatic heterocycles. The maximum absolute atomic E-state index is 5.05. The minimum absolute atomic E-state index is 0.775. The van der Waals surface area contributed by atoms with Gasteiger partial charge in [0.2, 0.25) is 0 Å². The second-order valence-corrected chi connectivity index (χ2v) is 2.36. The predicted octanol–water partition coefficient (Wildman–Crippen LogP) is 1.65. The lowest BCUT2D eigenvalue weighted by atomic mass is 10.0. The summed E-state index contributed by atoms with van der Waals surface area (Å²) in [5, 5.41) is 0. The maximum Gasteiger partial charge on any atom is 0.166 e. The number of benzene rings is 1. The van der Waals surface area contributed by atoms with E-state index in [1.807, 2.05) is 18.2 Å². The Morgan fingerprint density at radius 1 is 1.30 bits per heavy atom. The molecule has 1 aliphatic rings. The molecule has 10 heavy (non-hydrogen) atoms. The van der Waals surface area contributed by atoms with E-state index in [1.165, 1.54) is 5.56 Å². The van der Waals surface area contributed by atoms with Gasteiger partial charge in [0, 0.05) is 0 Å². The summed E-state index contributed by atoms with van der Waals surface area (Å²) in [4.78, 5) is 0. The van der Waals surface area contributed by atoms with Gasteiger partial charge in [-0.2, -0.15) is 0 Å². The summed E-state index contributed by atoms with van der Waals surface area (Å²) >= 11 is 0. The molecule has 0 saturated carbocycles. The third-order valence-corrected chi connectivity index (χ3v) is 1.67. The van der Waals surface area contributed by atoms with Gasteiger partial charge in [-0.05, 0) is 17.5 Å². The van der Waals surface area contributed by atoms with E-state index < -0.39 is 0 Å². The molecule has 1 nitrogen and oxygen atoms in total. The molecular weight excluding hydrogens is 124 g/mol. The van der Waals surface area contributed by atoms with Gasteiger partial charge in [0.25, 0.3) is 0 Å². The third-order valence-electron chi connectivity index (χ3n) is 1.67. The zero-order chi connectivity index (χ0) is 6.81. The van der Waals surface area contributed by atoms with Crippen LogP contribution in [0.5, 0.6) is 0 Å². The minimum atomic E-state index is 0.775. The average molecular weight is 132 g/mol. The molecule has 0 saturated heterocycles. The first-order valence-corrected chi connectivity index (χ1v) is 3.42. The van der Waals surface area contributed by atoms with E-state index in [1.54, 1.807) is 0 Å². The van der Waals surface area contributed by atoms with E-state index >= 15 is 0 Å². The van der Waals surface area contributed by atoms with Crippen molar-refractivity contribution in [2.24, 2.45) is 0 Å².